The third-order valence-electron chi connectivity index (χ3n) is 10.2. The van der Waals surface area contributed by atoms with Gasteiger partial charge in [-0.2, -0.15) is 0 Å². The molecule has 0 aromatic heterocycles. The minimum atomic E-state index is -0.791. The van der Waals surface area contributed by atoms with Gasteiger partial charge >= 0.3 is 17.9 Å². The molecule has 0 aliphatic rings. The quantitative estimate of drug-likeness (QED) is 0.0264. The molecule has 0 aromatic carbocycles. The summed E-state index contributed by atoms with van der Waals surface area (Å²) in [7, 11) is 0. The number of ether oxygens (including phenoxy) is 3. The second-order valence-corrected chi connectivity index (χ2v) is 16.0. The Balaban J connectivity index is 4.42. The number of allylic oxidation sites excluding steroid dienone is 12. The van der Waals surface area contributed by atoms with Crippen LogP contribution in [0.25, 0.3) is 0 Å². The molecule has 0 aromatic rings. The monoisotopic (exact) mass is 823 g/mol. The largest absolute Gasteiger partial charge is 0.462 e. The van der Waals surface area contributed by atoms with Gasteiger partial charge in [-0.25, -0.2) is 0 Å². The van der Waals surface area contributed by atoms with E-state index in [0.717, 1.165) is 135 Å². The Morgan fingerprint density at radius 3 is 1.10 bits per heavy atom. The molecule has 6 heteroatoms. The molecule has 0 N–H and O–H groups in total. The van der Waals surface area contributed by atoms with Crippen molar-refractivity contribution >= 4 is 17.9 Å². The lowest BCUT2D eigenvalue weighted by Crippen LogP contribution is -2.30. The van der Waals surface area contributed by atoms with Crippen molar-refractivity contribution in [2.75, 3.05) is 13.2 Å². The maximum Gasteiger partial charge on any atom is 0.306 e. The molecule has 59 heavy (non-hydrogen) atoms. The van der Waals surface area contributed by atoms with Crippen molar-refractivity contribution < 1.29 is 28.6 Å². The molecule has 0 rings (SSSR count). The third-order valence-corrected chi connectivity index (χ3v) is 10.2. The highest BCUT2D eigenvalue weighted by atomic mass is 16.6. The molecule has 0 heterocycles. The first-order chi connectivity index (χ1) is 29.0. The van der Waals surface area contributed by atoms with E-state index in [1.165, 1.54) is 51.4 Å². The summed E-state index contributed by atoms with van der Waals surface area (Å²) in [5.74, 6) is -0.934. The van der Waals surface area contributed by atoms with Crippen molar-refractivity contribution in [2.24, 2.45) is 0 Å². The van der Waals surface area contributed by atoms with Crippen LogP contribution in [0.3, 0.4) is 0 Å². The zero-order chi connectivity index (χ0) is 43.0. The van der Waals surface area contributed by atoms with E-state index in [2.05, 4.69) is 93.7 Å². The minimum absolute atomic E-state index is 0.0923. The molecule has 6 nitrogen and oxygen atoms in total. The van der Waals surface area contributed by atoms with Crippen LogP contribution in [-0.2, 0) is 28.6 Å². The van der Waals surface area contributed by atoms with E-state index in [9.17, 15) is 14.4 Å². The van der Waals surface area contributed by atoms with Gasteiger partial charge in [-0.05, 0) is 103 Å². The van der Waals surface area contributed by atoms with Gasteiger partial charge in [0.2, 0.25) is 0 Å². The van der Waals surface area contributed by atoms with Crippen molar-refractivity contribution in [2.45, 2.75) is 232 Å². The summed E-state index contributed by atoms with van der Waals surface area (Å²) in [5.41, 5.74) is 0. The van der Waals surface area contributed by atoms with Crippen molar-refractivity contribution in [3.05, 3.63) is 72.9 Å². The van der Waals surface area contributed by atoms with Crippen molar-refractivity contribution in [1.82, 2.24) is 0 Å². The fourth-order valence-corrected chi connectivity index (χ4v) is 6.47. The van der Waals surface area contributed by atoms with E-state index in [1.54, 1.807) is 0 Å². The Labute approximate surface area is 363 Å². The summed E-state index contributed by atoms with van der Waals surface area (Å²) in [6, 6.07) is 0. The molecule has 0 aliphatic carbocycles. The summed E-state index contributed by atoms with van der Waals surface area (Å²) in [6.07, 6.45) is 58.8. The van der Waals surface area contributed by atoms with Crippen LogP contribution in [-0.4, -0.2) is 37.2 Å². The molecule has 0 bridgehead atoms. The molecular formula is C53H90O6. The molecular weight excluding hydrogens is 733 g/mol. The maximum absolute atomic E-state index is 12.7. The molecule has 0 spiro atoms. The first-order valence-electron chi connectivity index (χ1n) is 24.4. The van der Waals surface area contributed by atoms with E-state index in [1.807, 2.05) is 0 Å². The molecule has 338 valence electrons. The lowest BCUT2D eigenvalue weighted by Gasteiger charge is -2.18. The van der Waals surface area contributed by atoms with Gasteiger partial charge in [0.1, 0.15) is 13.2 Å². The molecule has 1 atom stereocenters. The Morgan fingerprint density at radius 1 is 0.356 bits per heavy atom. The van der Waals surface area contributed by atoms with Crippen LogP contribution in [0, 0.1) is 0 Å². The fourth-order valence-electron chi connectivity index (χ4n) is 6.47. The van der Waals surface area contributed by atoms with Crippen molar-refractivity contribution in [1.29, 1.82) is 0 Å². The summed E-state index contributed by atoms with van der Waals surface area (Å²) in [5, 5.41) is 0. The highest BCUT2D eigenvalue weighted by Crippen LogP contribution is 2.13. The standard InChI is InChI=1S/C53H90O6/c1-4-7-10-13-16-19-22-24-26-28-31-33-36-39-42-45-51(54)57-48-50(59-53(56)47-44-41-38-35-30-21-18-15-12-9-6-3)49-58-52(55)46-43-40-37-34-32-29-27-25-23-20-17-14-11-8-5-2/h7,10,15-20,24-27,50H,4-6,8-9,11-14,21-23,28-49H2,1-3H3/b10-7-,18-15-,19-16-,20-17-,26-24-,27-25-/t50-/m1/s1. The number of hydrogen-bond acceptors (Lipinski definition) is 6. The number of esters is 3. The van der Waals surface area contributed by atoms with Gasteiger partial charge in [0.05, 0.1) is 0 Å². The van der Waals surface area contributed by atoms with Crippen LogP contribution in [0.2, 0.25) is 0 Å². The molecule has 0 amide bonds. The number of rotatable bonds is 43. The molecule has 0 fully saturated rings. The zero-order valence-corrected chi connectivity index (χ0v) is 38.5. The average Bonchev–Trinajstić information content (AvgIpc) is 3.23. The normalized spacial score (nSPS) is 12.7. The van der Waals surface area contributed by atoms with Crippen LogP contribution >= 0.6 is 0 Å². The van der Waals surface area contributed by atoms with E-state index < -0.39 is 6.10 Å². The van der Waals surface area contributed by atoms with E-state index >= 15 is 0 Å². The van der Waals surface area contributed by atoms with Crippen LogP contribution in [0.4, 0.5) is 0 Å². The summed E-state index contributed by atoms with van der Waals surface area (Å²) in [6.45, 7) is 6.42. The lowest BCUT2D eigenvalue weighted by atomic mass is 10.1. The molecule has 0 saturated carbocycles. The van der Waals surface area contributed by atoms with Gasteiger partial charge in [0.25, 0.3) is 0 Å². The summed E-state index contributed by atoms with van der Waals surface area (Å²) < 4.78 is 16.7. The maximum atomic E-state index is 12.7. The predicted molar refractivity (Wildman–Crippen MR) is 251 cm³/mol. The smallest absolute Gasteiger partial charge is 0.306 e. The van der Waals surface area contributed by atoms with Gasteiger partial charge in [-0.1, -0.05) is 177 Å². The summed E-state index contributed by atoms with van der Waals surface area (Å²) >= 11 is 0. The number of carbonyl (C=O) groups is 3. The molecule has 0 radical (unpaired) electrons. The molecule has 0 aliphatic heterocycles. The van der Waals surface area contributed by atoms with Gasteiger partial charge < -0.3 is 14.2 Å². The highest BCUT2D eigenvalue weighted by Gasteiger charge is 2.19. The Bertz CT molecular complexity index is 1130. The first-order valence-corrected chi connectivity index (χ1v) is 24.4. The van der Waals surface area contributed by atoms with E-state index in [0.29, 0.717) is 19.3 Å². The Hall–Kier alpha value is -3.15. The second kappa shape index (κ2) is 47.5. The van der Waals surface area contributed by atoms with E-state index in [-0.39, 0.29) is 31.1 Å². The zero-order valence-electron chi connectivity index (χ0n) is 38.5. The lowest BCUT2D eigenvalue weighted by molar-refractivity contribution is -0.167. The Morgan fingerprint density at radius 2 is 0.678 bits per heavy atom. The van der Waals surface area contributed by atoms with Gasteiger partial charge in [-0.15, -0.1) is 0 Å². The topological polar surface area (TPSA) is 78.9 Å². The van der Waals surface area contributed by atoms with Crippen LogP contribution in [0.15, 0.2) is 72.9 Å². The van der Waals surface area contributed by atoms with Gasteiger partial charge in [0.15, 0.2) is 6.10 Å². The SMILES string of the molecule is CC/C=C\C/C=C\C/C=C\CCCCCCCC(=O)OC[C@H](COC(=O)CCCCCCC/C=C\C/C=C\CCCCC)OC(=O)CCCCCCC/C=C\CCCC. The second-order valence-electron chi connectivity index (χ2n) is 16.0. The Kier molecular flexibility index (Phi) is 45.0. The molecule has 0 unspecified atom stereocenters. The molecule has 0 saturated heterocycles. The third kappa shape index (κ3) is 45.8. The van der Waals surface area contributed by atoms with Gasteiger partial charge in [-0.3, -0.25) is 14.4 Å². The van der Waals surface area contributed by atoms with Crippen LogP contribution < -0.4 is 0 Å². The predicted octanol–water partition coefficient (Wildman–Crippen LogP) is 15.9. The van der Waals surface area contributed by atoms with Crippen LogP contribution in [0.1, 0.15) is 226 Å². The van der Waals surface area contributed by atoms with Crippen molar-refractivity contribution in [3.8, 4) is 0 Å². The fraction of sp³-hybridized carbons (Fsp3) is 0.717. The number of carbonyl (C=O) groups excluding carboxylic acids is 3. The highest BCUT2D eigenvalue weighted by molar-refractivity contribution is 5.71. The van der Waals surface area contributed by atoms with Crippen molar-refractivity contribution in [3.63, 3.8) is 0 Å². The average molecular weight is 823 g/mol. The van der Waals surface area contributed by atoms with Crippen LogP contribution in [0.5, 0.6) is 0 Å². The van der Waals surface area contributed by atoms with E-state index in [4.69, 9.17) is 14.2 Å². The number of hydrogen-bond donors (Lipinski definition) is 0. The minimum Gasteiger partial charge on any atom is -0.462 e. The first kappa shape index (κ1) is 55.9. The summed E-state index contributed by atoms with van der Waals surface area (Å²) in [4.78, 5) is 37.9. The number of unbranched alkanes of at least 4 members (excludes halogenated alkanes) is 20. The van der Waals surface area contributed by atoms with Gasteiger partial charge in [0, 0.05) is 19.3 Å².